The fraction of sp³-hybridized carbons (Fsp3) is 0.565. The standard InChI is InChI=1S/C23H34O4/c1-3-5-7-9-10-11-13-18-27-23(25)21-16-14-15-20(19-21)22(24)26-17-12-8-6-4-2/h6,8,14-16,19H,3-5,7,9-13,17-18H2,1-2H3/b8-6+. The van der Waals surface area contributed by atoms with Gasteiger partial charge in [0.15, 0.2) is 0 Å². The highest BCUT2D eigenvalue weighted by atomic mass is 16.5. The largest absolute Gasteiger partial charge is 0.462 e. The maximum Gasteiger partial charge on any atom is 0.338 e. The van der Waals surface area contributed by atoms with E-state index in [-0.39, 0.29) is 5.97 Å². The zero-order valence-corrected chi connectivity index (χ0v) is 16.9. The second-order valence-corrected chi connectivity index (χ2v) is 6.64. The van der Waals surface area contributed by atoms with Crippen LogP contribution < -0.4 is 0 Å². The van der Waals surface area contributed by atoms with E-state index in [9.17, 15) is 9.59 Å². The van der Waals surface area contributed by atoms with Gasteiger partial charge < -0.3 is 9.47 Å². The van der Waals surface area contributed by atoms with Gasteiger partial charge in [-0.25, -0.2) is 9.59 Å². The van der Waals surface area contributed by atoms with Gasteiger partial charge in [0, 0.05) is 0 Å². The molecule has 27 heavy (non-hydrogen) atoms. The number of ether oxygens (including phenoxy) is 2. The first-order chi connectivity index (χ1) is 13.2. The molecule has 0 N–H and O–H groups in total. The Hall–Kier alpha value is -2.10. The molecule has 0 fully saturated rings. The van der Waals surface area contributed by atoms with Crippen LogP contribution in [0.2, 0.25) is 0 Å². The van der Waals surface area contributed by atoms with Gasteiger partial charge in [0.25, 0.3) is 0 Å². The Bertz CT molecular complexity index is 577. The molecule has 4 nitrogen and oxygen atoms in total. The van der Waals surface area contributed by atoms with Crippen molar-refractivity contribution < 1.29 is 19.1 Å². The quantitative estimate of drug-likeness (QED) is 0.224. The van der Waals surface area contributed by atoms with E-state index < -0.39 is 5.97 Å². The van der Waals surface area contributed by atoms with Gasteiger partial charge in [-0.3, -0.25) is 0 Å². The van der Waals surface area contributed by atoms with Gasteiger partial charge in [-0.15, -0.1) is 0 Å². The van der Waals surface area contributed by atoms with E-state index in [4.69, 9.17) is 9.47 Å². The lowest BCUT2D eigenvalue weighted by atomic mass is 10.1. The van der Waals surface area contributed by atoms with Crippen molar-refractivity contribution in [1.82, 2.24) is 0 Å². The van der Waals surface area contributed by atoms with E-state index in [0.29, 0.717) is 30.8 Å². The van der Waals surface area contributed by atoms with Crippen LogP contribution in [-0.4, -0.2) is 25.2 Å². The van der Waals surface area contributed by atoms with Gasteiger partial charge >= 0.3 is 11.9 Å². The Morgan fingerprint density at radius 3 is 2.04 bits per heavy atom. The van der Waals surface area contributed by atoms with Crippen LogP contribution in [0.4, 0.5) is 0 Å². The van der Waals surface area contributed by atoms with Gasteiger partial charge in [-0.1, -0.05) is 70.6 Å². The zero-order chi connectivity index (χ0) is 19.7. The number of carbonyl (C=O) groups excluding carboxylic acids is 2. The molecular weight excluding hydrogens is 340 g/mol. The first-order valence-corrected chi connectivity index (χ1v) is 10.3. The summed E-state index contributed by atoms with van der Waals surface area (Å²) >= 11 is 0. The maximum absolute atomic E-state index is 12.1. The first kappa shape index (κ1) is 22.9. The minimum absolute atomic E-state index is 0.336. The van der Waals surface area contributed by atoms with Gasteiger partial charge in [0.1, 0.15) is 0 Å². The third kappa shape index (κ3) is 10.6. The number of benzene rings is 1. The number of allylic oxidation sites excluding steroid dienone is 1. The van der Waals surface area contributed by atoms with Crippen molar-refractivity contribution >= 4 is 11.9 Å². The number of unbranched alkanes of at least 4 members (excludes halogenated alkanes) is 6. The molecule has 1 aromatic carbocycles. The number of carbonyl (C=O) groups is 2. The van der Waals surface area contributed by atoms with Crippen LogP contribution in [0, 0.1) is 0 Å². The molecule has 150 valence electrons. The summed E-state index contributed by atoms with van der Waals surface area (Å²) in [5.74, 6) is -0.803. The summed E-state index contributed by atoms with van der Waals surface area (Å²) in [5, 5.41) is 0. The van der Waals surface area contributed by atoms with Gasteiger partial charge in [-0.2, -0.15) is 0 Å². The molecule has 0 radical (unpaired) electrons. The van der Waals surface area contributed by atoms with E-state index in [1.54, 1.807) is 18.2 Å². The summed E-state index contributed by atoms with van der Waals surface area (Å²) in [7, 11) is 0. The van der Waals surface area contributed by atoms with Crippen molar-refractivity contribution in [3.05, 3.63) is 47.5 Å². The predicted octanol–water partition coefficient (Wildman–Crippen LogP) is 6.11. The highest BCUT2D eigenvalue weighted by Gasteiger charge is 2.12. The summed E-state index contributed by atoms with van der Waals surface area (Å²) in [4.78, 5) is 24.2. The summed E-state index contributed by atoms with van der Waals surface area (Å²) < 4.78 is 10.5. The van der Waals surface area contributed by atoms with Crippen LogP contribution in [-0.2, 0) is 9.47 Å². The molecule has 4 heteroatoms. The molecule has 0 bridgehead atoms. The van der Waals surface area contributed by atoms with E-state index in [2.05, 4.69) is 13.8 Å². The van der Waals surface area contributed by atoms with Crippen molar-refractivity contribution in [3.63, 3.8) is 0 Å². The van der Waals surface area contributed by atoms with Crippen LogP contribution in [0.5, 0.6) is 0 Å². The molecule has 0 aliphatic carbocycles. The summed E-state index contributed by atoms with van der Waals surface area (Å²) in [5.41, 5.74) is 0.762. The third-order valence-corrected chi connectivity index (χ3v) is 4.24. The summed E-state index contributed by atoms with van der Waals surface area (Å²) in [6.07, 6.45) is 13.9. The fourth-order valence-corrected chi connectivity index (χ4v) is 2.67. The highest BCUT2D eigenvalue weighted by molar-refractivity contribution is 5.95. The number of hydrogen-bond acceptors (Lipinski definition) is 4. The maximum atomic E-state index is 12.1. The number of hydrogen-bond donors (Lipinski definition) is 0. The van der Waals surface area contributed by atoms with E-state index >= 15 is 0 Å². The van der Waals surface area contributed by atoms with Crippen molar-refractivity contribution in [2.24, 2.45) is 0 Å². The topological polar surface area (TPSA) is 52.6 Å². The Labute approximate surface area is 163 Å². The number of rotatable bonds is 14. The van der Waals surface area contributed by atoms with Crippen LogP contribution in [0.15, 0.2) is 36.4 Å². The van der Waals surface area contributed by atoms with Crippen molar-refractivity contribution in [3.8, 4) is 0 Å². The monoisotopic (exact) mass is 374 g/mol. The second-order valence-electron chi connectivity index (χ2n) is 6.64. The Balaban J connectivity index is 2.31. The molecule has 0 aliphatic rings. The smallest absolute Gasteiger partial charge is 0.338 e. The molecule has 0 spiro atoms. The molecule has 0 aliphatic heterocycles. The molecule has 1 aromatic rings. The Kier molecular flexibility index (Phi) is 12.7. The first-order valence-electron chi connectivity index (χ1n) is 10.3. The second kappa shape index (κ2) is 15.0. The minimum Gasteiger partial charge on any atom is -0.462 e. The lowest BCUT2D eigenvalue weighted by molar-refractivity contribution is 0.0497. The highest BCUT2D eigenvalue weighted by Crippen LogP contribution is 2.10. The third-order valence-electron chi connectivity index (χ3n) is 4.24. The van der Waals surface area contributed by atoms with Crippen LogP contribution in [0.1, 0.15) is 92.4 Å². The van der Waals surface area contributed by atoms with Crippen molar-refractivity contribution in [1.29, 1.82) is 0 Å². The molecule has 0 amide bonds. The van der Waals surface area contributed by atoms with Crippen LogP contribution >= 0.6 is 0 Å². The average Bonchev–Trinajstić information content (AvgIpc) is 2.69. The fourth-order valence-electron chi connectivity index (χ4n) is 2.67. The van der Waals surface area contributed by atoms with Gasteiger partial charge in [0.05, 0.1) is 24.3 Å². The summed E-state index contributed by atoms with van der Waals surface area (Å²) in [6, 6.07) is 6.53. The Morgan fingerprint density at radius 1 is 0.815 bits per heavy atom. The van der Waals surface area contributed by atoms with E-state index in [0.717, 1.165) is 19.3 Å². The van der Waals surface area contributed by atoms with E-state index in [1.165, 1.54) is 38.2 Å². The van der Waals surface area contributed by atoms with Crippen molar-refractivity contribution in [2.45, 2.75) is 71.6 Å². The molecule has 1 rings (SSSR count). The van der Waals surface area contributed by atoms with E-state index in [1.807, 2.05) is 12.2 Å². The Morgan fingerprint density at radius 2 is 1.41 bits per heavy atom. The molecular formula is C23H34O4. The van der Waals surface area contributed by atoms with Gasteiger partial charge in [0.2, 0.25) is 0 Å². The van der Waals surface area contributed by atoms with Crippen molar-refractivity contribution in [2.75, 3.05) is 13.2 Å². The zero-order valence-electron chi connectivity index (χ0n) is 16.9. The van der Waals surface area contributed by atoms with Crippen LogP contribution in [0.3, 0.4) is 0 Å². The normalized spacial score (nSPS) is 10.9. The molecule has 0 saturated heterocycles. The summed E-state index contributed by atoms with van der Waals surface area (Å²) in [6.45, 7) is 5.02. The molecule has 0 saturated carbocycles. The lowest BCUT2D eigenvalue weighted by Crippen LogP contribution is -2.10. The predicted molar refractivity (Wildman–Crippen MR) is 109 cm³/mol. The van der Waals surface area contributed by atoms with Crippen LogP contribution in [0.25, 0.3) is 0 Å². The number of esters is 2. The lowest BCUT2D eigenvalue weighted by Gasteiger charge is -2.07. The SMILES string of the molecule is CC/C=C/CCOC(=O)c1cccc(C(=O)OCCCCCCCCC)c1. The molecule has 0 heterocycles. The average molecular weight is 375 g/mol. The molecule has 0 aromatic heterocycles. The van der Waals surface area contributed by atoms with Gasteiger partial charge in [-0.05, 0) is 37.5 Å². The minimum atomic E-state index is -0.415. The molecule has 0 atom stereocenters. The molecule has 0 unspecified atom stereocenters.